The molecule has 1 unspecified atom stereocenters. The van der Waals surface area contributed by atoms with Gasteiger partial charge in [0.15, 0.2) is 0 Å². The smallest absolute Gasteiger partial charge is 0.239 e. The summed E-state index contributed by atoms with van der Waals surface area (Å²) < 4.78 is 10.1. The fraction of sp³-hybridized carbons (Fsp3) is 0.900. The molecular formula is C10H20N2O3. The van der Waals surface area contributed by atoms with E-state index in [1.165, 1.54) is 0 Å². The molecule has 0 aromatic rings. The molecule has 88 valence electrons. The third kappa shape index (κ3) is 4.15. The van der Waals surface area contributed by atoms with Crippen molar-refractivity contribution in [1.82, 2.24) is 4.90 Å². The molecule has 5 nitrogen and oxygen atoms in total. The summed E-state index contributed by atoms with van der Waals surface area (Å²) in [6, 6.07) is -0.391. The van der Waals surface area contributed by atoms with Crippen LogP contribution >= 0.6 is 0 Å². The molecule has 1 rings (SSSR count). The van der Waals surface area contributed by atoms with Crippen LogP contribution in [0.3, 0.4) is 0 Å². The number of carbonyl (C=O) groups is 1. The Hall–Kier alpha value is -0.650. The van der Waals surface area contributed by atoms with Gasteiger partial charge in [-0.1, -0.05) is 0 Å². The minimum Gasteiger partial charge on any atom is -0.385 e. The Labute approximate surface area is 90.5 Å². The van der Waals surface area contributed by atoms with Gasteiger partial charge in [0, 0.05) is 26.8 Å². The first-order valence-corrected chi connectivity index (χ1v) is 5.36. The van der Waals surface area contributed by atoms with Crippen molar-refractivity contribution in [3.63, 3.8) is 0 Å². The van der Waals surface area contributed by atoms with E-state index in [1.807, 2.05) is 0 Å². The first kappa shape index (κ1) is 12.4. The summed E-state index contributed by atoms with van der Waals surface area (Å²) in [6.45, 7) is 3.23. The lowest BCUT2D eigenvalue weighted by Gasteiger charge is -2.29. The Morgan fingerprint density at radius 3 is 2.80 bits per heavy atom. The fourth-order valence-corrected chi connectivity index (χ4v) is 1.59. The van der Waals surface area contributed by atoms with Gasteiger partial charge in [-0.3, -0.25) is 4.79 Å². The zero-order valence-electron chi connectivity index (χ0n) is 9.28. The second-order valence-electron chi connectivity index (χ2n) is 3.68. The van der Waals surface area contributed by atoms with Gasteiger partial charge in [-0.15, -0.1) is 0 Å². The Bertz CT molecular complexity index is 193. The van der Waals surface area contributed by atoms with Gasteiger partial charge in [-0.2, -0.15) is 0 Å². The molecule has 1 atom stereocenters. The molecule has 0 spiro atoms. The standard InChI is InChI=1S/C10H20N2O3/c1-14-6-2-3-9(11)10(13)12-4-7-15-8-5-12/h9H,2-8,11H2,1H3. The highest BCUT2D eigenvalue weighted by molar-refractivity contribution is 5.81. The number of rotatable bonds is 5. The molecule has 15 heavy (non-hydrogen) atoms. The van der Waals surface area contributed by atoms with Gasteiger partial charge in [0.25, 0.3) is 0 Å². The number of ether oxygens (including phenoxy) is 2. The lowest BCUT2D eigenvalue weighted by Crippen LogP contribution is -2.48. The van der Waals surface area contributed by atoms with Gasteiger partial charge in [0.2, 0.25) is 5.91 Å². The van der Waals surface area contributed by atoms with Crippen molar-refractivity contribution in [2.24, 2.45) is 5.73 Å². The van der Waals surface area contributed by atoms with Crippen molar-refractivity contribution >= 4 is 5.91 Å². The van der Waals surface area contributed by atoms with E-state index in [9.17, 15) is 4.79 Å². The maximum atomic E-state index is 11.8. The van der Waals surface area contributed by atoms with Crippen LogP contribution in [0.4, 0.5) is 0 Å². The Morgan fingerprint density at radius 1 is 1.53 bits per heavy atom. The number of methoxy groups -OCH3 is 1. The van der Waals surface area contributed by atoms with Crippen molar-refractivity contribution in [3.8, 4) is 0 Å². The van der Waals surface area contributed by atoms with Crippen LogP contribution in [0.2, 0.25) is 0 Å². The minimum atomic E-state index is -0.391. The summed E-state index contributed by atoms with van der Waals surface area (Å²) >= 11 is 0. The Balaban J connectivity index is 2.24. The highest BCUT2D eigenvalue weighted by atomic mass is 16.5. The third-order valence-corrected chi connectivity index (χ3v) is 2.50. The van der Waals surface area contributed by atoms with Crippen LogP contribution in [0.15, 0.2) is 0 Å². The van der Waals surface area contributed by atoms with Crippen molar-refractivity contribution < 1.29 is 14.3 Å². The molecule has 0 aromatic carbocycles. The number of morpholine rings is 1. The van der Waals surface area contributed by atoms with Crippen LogP contribution in [0.1, 0.15) is 12.8 Å². The highest BCUT2D eigenvalue weighted by Crippen LogP contribution is 2.03. The van der Waals surface area contributed by atoms with Gasteiger partial charge in [-0.05, 0) is 12.8 Å². The van der Waals surface area contributed by atoms with Crippen LogP contribution in [0.5, 0.6) is 0 Å². The predicted molar refractivity (Wildman–Crippen MR) is 56.5 cm³/mol. The highest BCUT2D eigenvalue weighted by Gasteiger charge is 2.22. The van der Waals surface area contributed by atoms with Crippen LogP contribution in [0.25, 0.3) is 0 Å². The molecule has 1 heterocycles. The summed E-state index contributed by atoms with van der Waals surface area (Å²) in [5.41, 5.74) is 5.80. The molecule has 0 aliphatic carbocycles. The Morgan fingerprint density at radius 2 is 2.20 bits per heavy atom. The van der Waals surface area contributed by atoms with Gasteiger partial charge >= 0.3 is 0 Å². The van der Waals surface area contributed by atoms with Crippen LogP contribution in [-0.4, -0.2) is 56.9 Å². The van der Waals surface area contributed by atoms with Gasteiger partial charge in [0.05, 0.1) is 19.3 Å². The van der Waals surface area contributed by atoms with E-state index in [-0.39, 0.29) is 5.91 Å². The molecule has 0 aromatic heterocycles. The number of carbonyl (C=O) groups excluding carboxylic acids is 1. The zero-order chi connectivity index (χ0) is 11.1. The van der Waals surface area contributed by atoms with Crippen molar-refractivity contribution in [2.75, 3.05) is 40.0 Å². The Kier molecular flexibility index (Phi) is 5.60. The van der Waals surface area contributed by atoms with Gasteiger partial charge < -0.3 is 20.1 Å². The molecule has 1 aliphatic heterocycles. The second-order valence-corrected chi connectivity index (χ2v) is 3.68. The van der Waals surface area contributed by atoms with E-state index >= 15 is 0 Å². The average molecular weight is 216 g/mol. The largest absolute Gasteiger partial charge is 0.385 e. The number of amides is 1. The average Bonchev–Trinajstić information content (AvgIpc) is 2.29. The summed E-state index contributed by atoms with van der Waals surface area (Å²) in [7, 11) is 1.65. The quantitative estimate of drug-likeness (QED) is 0.635. The van der Waals surface area contributed by atoms with Crippen LogP contribution in [0, 0.1) is 0 Å². The summed E-state index contributed by atoms with van der Waals surface area (Å²) in [6.07, 6.45) is 1.51. The number of hydrogen-bond donors (Lipinski definition) is 1. The third-order valence-electron chi connectivity index (χ3n) is 2.50. The zero-order valence-corrected chi connectivity index (χ0v) is 9.28. The molecule has 1 aliphatic rings. The maximum Gasteiger partial charge on any atom is 0.239 e. The van der Waals surface area contributed by atoms with E-state index in [1.54, 1.807) is 12.0 Å². The van der Waals surface area contributed by atoms with Gasteiger partial charge in [-0.25, -0.2) is 0 Å². The fourth-order valence-electron chi connectivity index (χ4n) is 1.59. The normalized spacial score (nSPS) is 18.9. The van der Waals surface area contributed by atoms with E-state index in [0.29, 0.717) is 39.3 Å². The maximum absolute atomic E-state index is 11.8. The van der Waals surface area contributed by atoms with Gasteiger partial charge in [0.1, 0.15) is 0 Å². The molecule has 1 saturated heterocycles. The van der Waals surface area contributed by atoms with E-state index < -0.39 is 6.04 Å². The number of nitrogens with two attached hydrogens (primary N) is 1. The van der Waals surface area contributed by atoms with Crippen molar-refractivity contribution in [3.05, 3.63) is 0 Å². The topological polar surface area (TPSA) is 64.8 Å². The van der Waals surface area contributed by atoms with Crippen LogP contribution in [-0.2, 0) is 14.3 Å². The summed E-state index contributed by atoms with van der Waals surface area (Å²) in [5.74, 6) is 0.0365. The molecular weight excluding hydrogens is 196 g/mol. The lowest BCUT2D eigenvalue weighted by molar-refractivity contribution is -0.136. The SMILES string of the molecule is COCCCC(N)C(=O)N1CCOCC1. The number of nitrogens with zero attached hydrogens (tertiary/aromatic N) is 1. The first-order valence-electron chi connectivity index (χ1n) is 5.36. The molecule has 0 bridgehead atoms. The summed E-state index contributed by atoms with van der Waals surface area (Å²) in [5, 5.41) is 0. The molecule has 1 fully saturated rings. The summed E-state index contributed by atoms with van der Waals surface area (Å²) in [4.78, 5) is 13.6. The lowest BCUT2D eigenvalue weighted by atomic mass is 10.1. The molecule has 1 amide bonds. The molecule has 2 N–H and O–H groups in total. The van der Waals surface area contributed by atoms with E-state index in [0.717, 1.165) is 6.42 Å². The monoisotopic (exact) mass is 216 g/mol. The van der Waals surface area contributed by atoms with Crippen molar-refractivity contribution in [1.29, 1.82) is 0 Å². The molecule has 0 saturated carbocycles. The van der Waals surface area contributed by atoms with Crippen LogP contribution < -0.4 is 5.73 Å². The molecule has 5 heteroatoms. The minimum absolute atomic E-state index is 0.0365. The molecule has 0 radical (unpaired) electrons. The van der Waals surface area contributed by atoms with Crippen molar-refractivity contribution in [2.45, 2.75) is 18.9 Å². The second kappa shape index (κ2) is 6.76. The van der Waals surface area contributed by atoms with E-state index in [2.05, 4.69) is 0 Å². The number of hydrogen-bond acceptors (Lipinski definition) is 4. The first-order chi connectivity index (χ1) is 7.25. The van der Waals surface area contributed by atoms with E-state index in [4.69, 9.17) is 15.2 Å². The predicted octanol–water partition coefficient (Wildman–Crippen LogP) is -0.401.